The number of amides is 1. The van der Waals surface area contributed by atoms with Gasteiger partial charge in [-0.15, -0.1) is 0 Å². The van der Waals surface area contributed by atoms with E-state index in [1.807, 2.05) is 18.7 Å². The molecule has 0 aromatic rings. The minimum Gasteiger partial charge on any atom is -0.343 e. The maximum atomic E-state index is 11.7. The first kappa shape index (κ1) is 16.4. The third-order valence-electron chi connectivity index (χ3n) is 3.09. The van der Waals surface area contributed by atoms with Crippen LogP contribution in [0, 0.1) is 0 Å². The minimum atomic E-state index is 0.272. The molecule has 0 aromatic carbocycles. The molecule has 0 radical (unpaired) electrons. The molecule has 1 N–H and O–H groups in total. The lowest BCUT2D eigenvalue weighted by molar-refractivity contribution is -0.130. The van der Waals surface area contributed by atoms with Gasteiger partial charge in [-0.3, -0.25) is 4.79 Å². The molecule has 3 heteroatoms. The molecule has 0 aliphatic rings. The number of nitrogens with zero attached hydrogens (tertiary/aromatic N) is 1. The van der Waals surface area contributed by atoms with Crippen molar-refractivity contribution >= 4 is 5.91 Å². The van der Waals surface area contributed by atoms with Crippen LogP contribution in [0.3, 0.4) is 0 Å². The summed E-state index contributed by atoms with van der Waals surface area (Å²) in [6.45, 7) is 9.82. The van der Waals surface area contributed by atoms with Gasteiger partial charge >= 0.3 is 0 Å². The fraction of sp³-hybridized carbons (Fsp3) is 0.929. The molecular formula is C14H30N2O. The lowest BCUT2D eigenvalue weighted by Gasteiger charge is -2.18. The van der Waals surface area contributed by atoms with Crippen molar-refractivity contribution < 1.29 is 4.79 Å². The lowest BCUT2D eigenvalue weighted by atomic mass is 10.1. The summed E-state index contributed by atoms with van der Waals surface area (Å²) in [4.78, 5) is 13.6. The maximum Gasteiger partial charge on any atom is 0.223 e. The standard InChI is InChI=1S/C14H30N2O/c1-4-7-8-9-10-12-15-13-11-14(17)16(5-2)6-3/h15H,4-13H2,1-3H3. The second kappa shape index (κ2) is 11.9. The highest BCUT2D eigenvalue weighted by Crippen LogP contribution is 2.01. The summed E-state index contributed by atoms with van der Waals surface area (Å²) in [5.41, 5.74) is 0. The van der Waals surface area contributed by atoms with Crippen LogP contribution in [0.2, 0.25) is 0 Å². The average Bonchev–Trinajstić information content (AvgIpc) is 2.34. The van der Waals surface area contributed by atoms with Gasteiger partial charge in [-0.25, -0.2) is 0 Å². The Morgan fingerprint density at radius 3 is 2.18 bits per heavy atom. The van der Waals surface area contributed by atoms with Crippen molar-refractivity contribution in [2.45, 2.75) is 59.3 Å². The molecule has 0 fully saturated rings. The average molecular weight is 242 g/mol. The fourth-order valence-corrected chi connectivity index (χ4v) is 1.91. The SMILES string of the molecule is CCCCCCCNCCC(=O)N(CC)CC. The fourth-order valence-electron chi connectivity index (χ4n) is 1.91. The molecule has 0 aromatic heterocycles. The maximum absolute atomic E-state index is 11.7. The van der Waals surface area contributed by atoms with E-state index in [4.69, 9.17) is 0 Å². The van der Waals surface area contributed by atoms with Crippen LogP contribution in [-0.4, -0.2) is 37.0 Å². The lowest BCUT2D eigenvalue weighted by Crippen LogP contribution is -2.33. The van der Waals surface area contributed by atoms with E-state index in [1.54, 1.807) is 0 Å². The Labute approximate surface area is 107 Å². The molecule has 0 bridgehead atoms. The Morgan fingerprint density at radius 1 is 0.941 bits per heavy atom. The van der Waals surface area contributed by atoms with Crippen LogP contribution in [0.25, 0.3) is 0 Å². The molecule has 0 rings (SSSR count). The summed E-state index contributed by atoms with van der Waals surface area (Å²) < 4.78 is 0. The number of carbonyl (C=O) groups excluding carboxylic acids is 1. The molecule has 0 saturated carbocycles. The predicted molar refractivity (Wildman–Crippen MR) is 74.2 cm³/mol. The van der Waals surface area contributed by atoms with Crippen LogP contribution in [0.15, 0.2) is 0 Å². The first-order valence-electron chi connectivity index (χ1n) is 7.24. The highest BCUT2D eigenvalue weighted by molar-refractivity contribution is 5.76. The first-order chi connectivity index (χ1) is 8.26. The zero-order chi connectivity index (χ0) is 12.9. The summed E-state index contributed by atoms with van der Waals surface area (Å²) in [5.74, 6) is 0.272. The van der Waals surface area contributed by atoms with Crippen LogP contribution in [-0.2, 0) is 4.79 Å². The molecule has 102 valence electrons. The van der Waals surface area contributed by atoms with Crippen LogP contribution in [0.5, 0.6) is 0 Å². The second-order valence-corrected chi connectivity index (χ2v) is 4.48. The predicted octanol–water partition coefficient (Wildman–Crippen LogP) is 2.80. The van der Waals surface area contributed by atoms with E-state index in [-0.39, 0.29) is 5.91 Å². The molecular weight excluding hydrogens is 212 g/mol. The largest absolute Gasteiger partial charge is 0.343 e. The van der Waals surface area contributed by atoms with Gasteiger partial charge < -0.3 is 10.2 Å². The quantitative estimate of drug-likeness (QED) is 0.565. The van der Waals surface area contributed by atoms with Gasteiger partial charge in [-0.05, 0) is 26.8 Å². The van der Waals surface area contributed by atoms with Gasteiger partial charge in [0, 0.05) is 26.1 Å². The van der Waals surface area contributed by atoms with Gasteiger partial charge in [0.15, 0.2) is 0 Å². The van der Waals surface area contributed by atoms with Crippen molar-refractivity contribution in [3.8, 4) is 0 Å². The zero-order valence-electron chi connectivity index (χ0n) is 11.9. The van der Waals surface area contributed by atoms with Gasteiger partial charge in [0.05, 0.1) is 0 Å². The molecule has 0 spiro atoms. The van der Waals surface area contributed by atoms with Crippen molar-refractivity contribution in [1.82, 2.24) is 10.2 Å². The smallest absolute Gasteiger partial charge is 0.223 e. The molecule has 17 heavy (non-hydrogen) atoms. The van der Waals surface area contributed by atoms with Gasteiger partial charge in [0.25, 0.3) is 0 Å². The van der Waals surface area contributed by atoms with Gasteiger partial charge in [0.2, 0.25) is 5.91 Å². The first-order valence-corrected chi connectivity index (χ1v) is 7.24. The minimum absolute atomic E-state index is 0.272. The van der Waals surface area contributed by atoms with E-state index in [0.29, 0.717) is 6.42 Å². The van der Waals surface area contributed by atoms with Crippen molar-refractivity contribution in [3.05, 3.63) is 0 Å². The van der Waals surface area contributed by atoms with Crippen molar-refractivity contribution in [1.29, 1.82) is 0 Å². The Hall–Kier alpha value is -0.570. The van der Waals surface area contributed by atoms with Gasteiger partial charge in [-0.2, -0.15) is 0 Å². The summed E-state index contributed by atoms with van der Waals surface area (Å²) >= 11 is 0. The van der Waals surface area contributed by atoms with E-state index in [2.05, 4.69) is 12.2 Å². The molecule has 0 aliphatic carbocycles. The van der Waals surface area contributed by atoms with Crippen LogP contribution in [0.4, 0.5) is 0 Å². The molecule has 0 atom stereocenters. The second-order valence-electron chi connectivity index (χ2n) is 4.48. The van der Waals surface area contributed by atoms with Gasteiger partial charge in [-0.1, -0.05) is 32.6 Å². The normalized spacial score (nSPS) is 10.5. The third kappa shape index (κ3) is 9.16. The number of rotatable bonds is 11. The van der Waals surface area contributed by atoms with E-state index < -0.39 is 0 Å². The third-order valence-corrected chi connectivity index (χ3v) is 3.09. The van der Waals surface area contributed by atoms with Crippen molar-refractivity contribution in [2.75, 3.05) is 26.2 Å². The Kier molecular flexibility index (Phi) is 11.5. The molecule has 0 saturated heterocycles. The number of hydrogen-bond donors (Lipinski definition) is 1. The Bertz CT molecular complexity index is 179. The number of nitrogens with one attached hydrogen (secondary N) is 1. The van der Waals surface area contributed by atoms with E-state index in [0.717, 1.165) is 26.2 Å². The number of unbranched alkanes of at least 4 members (excludes halogenated alkanes) is 4. The number of hydrogen-bond acceptors (Lipinski definition) is 2. The molecule has 1 amide bonds. The molecule has 3 nitrogen and oxygen atoms in total. The highest BCUT2D eigenvalue weighted by atomic mass is 16.2. The highest BCUT2D eigenvalue weighted by Gasteiger charge is 2.07. The summed E-state index contributed by atoms with van der Waals surface area (Å²) in [6, 6.07) is 0. The van der Waals surface area contributed by atoms with Gasteiger partial charge in [0.1, 0.15) is 0 Å². The van der Waals surface area contributed by atoms with Crippen LogP contribution < -0.4 is 5.32 Å². The number of carbonyl (C=O) groups is 1. The zero-order valence-corrected chi connectivity index (χ0v) is 11.9. The van der Waals surface area contributed by atoms with Crippen molar-refractivity contribution in [3.63, 3.8) is 0 Å². The molecule has 0 heterocycles. The Morgan fingerprint density at radius 2 is 1.59 bits per heavy atom. The van der Waals surface area contributed by atoms with E-state index in [1.165, 1.54) is 32.1 Å². The Balaban J connectivity index is 3.30. The van der Waals surface area contributed by atoms with E-state index in [9.17, 15) is 4.79 Å². The summed E-state index contributed by atoms with van der Waals surface area (Å²) in [6.07, 6.45) is 7.17. The summed E-state index contributed by atoms with van der Waals surface area (Å²) in [5, 5.41) is 3.35. The van der Waals surface area contributed by atoms with Crippen LogP contribution in [0.1, 0.15) is 59.3 Å². The summed E-state index contributed by atoms with van der Waals surface area (Å²) in [7, 11) is 0. The van der Waals surface area contributed by atoms with Crippen molar-refractivity contribution in [2.24, 2.45) is 0 Å². The molecule has 0 aliphatic heterocycles. The molecule has 0 unspecified atom stereocenters. The monoisotopic (exact) mass is 242 g/mol. The topological polar surface area (TPSA) is 32.3 Å². The van der Waals surface area contributed by atoms with Crippen LogP contribution >= 0.6 is 0 Å². The van der Waals surface area contributed by atoms with E-state index >= 15 is 0 Å².